The summed E-state index contributed by atoms with van der Waals surface area (Å²) < 4.78 is 16.4. The lowest BCUT2D eigenvalue weighted by atomic mass is 9.99. The smallest absolute Gasteiger partial charge is 0.348 e. The second kappa shape index (κ2) is 50.7. The van der Waals surface area contributed by atoms with Crippen molar-refractivity contribution in [1.82, 2.24) is 35.6 Å². The summed E-state index contributed by atoms with van der Waals surface area (Å²) in [6.07, 6.45) is 2.38. The minimum Gasteiger partial charge on any atom is -0.505 e. The Balaban J connectivity index is 0.000000141. The number of nitrogens with two attached hydrogens (primary N) is 1. The Labute approximate surface area is 865 Å². The number of fused-ring (bicyclic) bond motifs is 6. The highest BCUT2D eigenvalue weighted by Crippen LogP contribution is 2.44. The summed E-state index contributed by atoms with van der Waals surface area (Å²) in [6, 6.07) is 128. The summed E-state index contributed by atoms with van der Waals surface area (Å²) >= 11 is 0. The average Bonchev–Trinajstić information content (AvgIpc) is 0.759. The molecule has 25 nitrogen and oxygen atoms in total. The van der Waals surface area contributed by atoms with E-state index in [0.29, 0.717) is 112 Å². The van der Waals surface area contributed by atoms with Crippen molar-refractivity contribution in [2.24, 2.45) is 5.73 Å². The maximum Gasteiger partial charge on any atom is 0.348 e. The first kappa shape index (κ1) is 105. The largest absolute Gasteiger partial charge is 0.505 e. The fourth-order valence-corrected chi connectivity index (χ4v) is 17.0. The van der Waals surface area contributed by atoms with Crippen molar-refractivity contribution < 1.29 is 78.1 Å². The van der Waals surface area contributed by atoms with Crippen molar-refractivity contribution >= 4 is 107 Å². The molecule has 5 aromatic heterocycles. The predicted octanol–water partition coefficient (Wildman–Crippen LogP) is 25.8. The molecule has 0 aliphatic carbocycles. The number of rotatable bonds is 23. The maximum atomic E-state index is 14.5. The van der Waals surface area contributed by atoms with Gasteiger partial charge in [-0.2, -0.15) is 0 Å². The monoisotopic (exact) mass is 1990 g/mol. The van der Waals surface area contributed by atoms with Crippen molar-refractivity contribution in [3.8, 4) is 85.0 Å². The van der Waals surface area contributed by atoms with Gasteiger partial charge in [0.2, 0.25) is 0 Å². The van der Waals surface area contributed by atoms with Crippen molar-refractivity contribution in [3.05, 3.63) is 474 Å². The molecule has 3 atom stereocenters. The number of methoxy groups -OCH3 is 2. The van der Waals surface area contributed by atoms with Crippen LogP contribution in [0.2, 0.25) is 0 Å². The van der Waals surface area contributed by atoms with Crippen molar-refractivity contribution in [3.63, 3.8) is 0 Å². The molecule has 150 heavy (non-hydrogen) atoms. The molecule has 6 heterocycles. The zero-order chi connectivity index (χ0) is 106. The lowest BCUT2D eigenvalue weighted by Gasteiger charge is -2.21. The number of anilines is 1. The van der Waals surface area contributed by atoms with Crippen LogP contribution in [0.1, 0.15) is 147 Å². The second-order valence-corrected chi connectivity index (χ2v) is 34.2. The van der Waals surface area contributed by atoms with E-state index < -0.39 is 35.5 Å². The third kappa shape index (κ3) is 25.0. The molecule has 25 heteroatoms. The van der Waals surface area contributed by atoms with Crippen LogP contribution in [0.15, 0.2) is 419 Å². The molecule has 21 rings (SSSR count). The van der Waals surface area contributed by atoms with E-state index >= 15 is 0 Å². The molecule has 746 valence electrons. The van der Waals surface area contributed by atoms with Crippen LogP contribution in [0, 0.1) is 0 Å². The number of carboxylic acids is 2. The van der Waals surface area contributed by atoms with Crippen molar-refractivity contribution in [1.29, 1.82) is 0 Å². The van der Waals surface area contributed by atoms with Crippen molar-refractivity contribution in [2.45, 2.75) is 58.2 Å². The fourth-order valence-electron chi connectivity index (χ4n) is 17.0. The zero-order valence-corrected chi connectivity index (χ0v) is 82.4. The Morgan fingerprint density at radius 3 is 0.987 bits per heavy atom. The number of carbonyl (C=O) groups excluding carboxylic acids is 6. The number of Topliss-reactive ketones (excluding diaryl/α,β-unsaturated/α-hetero) is 2. The number of pyridine rings is 5. The molecule has 0 saturated carbocycles. The molecule has 1 aliphatic heterocycles. The van der Waals surface area contributed by atoms with Gasteiger partial charge in [0.25, 0.3) is 23.5 Å². The molecule has 0 bridgehead atoms. The average molecular weight is 1990 g/mol. The molecular formula is C125H105N9O16. The second-order valence-electron chi connectivity index (χ2n) is 34.2. The summed E-state index contributed by atoms with van der Waals surface area (Å²) in [5.74, 6) is -5.17. The van der Waals surface area contributed by atoms with E-state index in [0.717, 1.165) is 35.1 Å². The van der Waals surface area contributed by atoms with Crippen LogP contribution < -0.4 is 31.2 Å². The number of aromatic nitrogens is 5. The SMILES string of the molecule is CCC(NC(=O)c1c(O)c(-c2ccccc2)nc2ccccc12)c1ccccc1.CCC(NC(=O)c1c(OC(=O)c2c(O)c(-c3ccccc3)nc3ccccc23)c(-c2ccccc2)nc2ccccc12)c1ccccc1.CC[C@H](N)c1ccccc1.COCC(=O)c1ccccc1.COc1c(-c2ccccc2)nc2ccccc2c1C(=O)O.O=C(O)c1c(O)c(-c2ccccc2)nc2ccccc12.O=C1Nc2ccccc2C1=O. The van der Waals surface area contributed by atoms with E-state index in [2.05, 4.69) is 54.9 Å². The lowest BCUT2D eigenvalue weighted by molar-refractivity contribution is -0.112. The number of aromatic hydroxyl groups is 3. The summed E-state index contributed by atoms with van der Waals surface area (Å²) in [5.41, 5.74) is 19.4. The van der Waals surface area contributed by atoms with Gasteiger partial charge in [0.1, 0.15) is 51.8 Å². The number of ether oxygens (including phenoxy) is 3. The van der Waals surface area contributed by atoms with Gasteiger partial charge >= 0.3 is 17.9 Å². The van der Waals surface area contributed by atoms with E-state index in [1.807, 2.05) is 305 Å². The summed E-state index contributed by atoms with van der Waals surface area (Å²) in [7, 11) is 2.98. The normalized spacial score (nSPS) is 11.6. The number of hydrogen-bond donors (Lipinski definition) is 9. The fraction of sp³-hybridized carbons (Fsp3) is 0.0960. The minimum absolute atomic E-state index is 0.00753. The summed E-state index contributed by atoms with van der Waals surface area (Å²) in [4.78, 5) is 121. The van der Waals surface area contributed by atoms with Gasteiger partial charge < -0.3 is 61.4 Å². The first-order valence-electron chi connectivity index (χ1n) is 48.3. The van der Waals surface area contributed by atoms with Crippen LogP contribution in [-0.4, -0.2) is 118 Å². The highest BCUT2D eigenvalue weighted by molar-refractivity contribution is 6.51. The first-order valence-corrected chi connectivity index (χ1v) is 48.3. The van der Waals surface area contributed by atoms with Crippen LogP contribution in [0.4, 0.5) is 5.69 Å². The number of benzene rings is 15. The number of aromatic carboxylic acids is 2. The molecule has 0 saturated heterocycles. The topological polar surface area (TPSA) is 392 Å². The minimum atomic E-state index is -1.17. The van der Waals surface area contributed by atoms with Gasteiger partial charge in [-0.15, -0.1) is 0 Å². The molecule has 2 unspecified atom stereocenters. The van der Waals surface area contributed by atoms with Gasteiger partial charge in [-0.05, 0) is 78.4 Å². The maximum absolute atomic E-state index is 14.5. The van der Waals surface area contributed by atoms with E-state index in [4.69, 9.17) is 24.9 Å². The van der Waals surface area contributed by atoms with E-state index in [1.165, 1.54) is 19.8 Å². The Hall–Kier alpha value is -19.4. The molecule has 10 N–H and O–H groups in total. The van der Waals surface area contributed by atoms with Crippen LogP contribution in [0.5, 0.6) is 28.7 Å². The Morgan fingerprint density at radius 1 is 0.327 bits per heavy atom. The third-order valence-corrected chi connectivity index (χ3v) is 24.5. The van der Waals surface area contributed by atoms with Crippen LogP contribution in [0.3, 0.4) is 0 Å². The number of amides is 3. The molecule has 20 aromatic rings. The number of esters is 1. The Kier molecular flexibility index (Phi) is 35.5. The van der Waals surface area contributed by atoms with E-state index in [-0.39, 0.29) is 104 Å². The highest BCUT2D eigenvalue weighted by atomic mass is 16.5. The van der Waals surface area contributed by atoms with Gasteiger partial charge in [0.15, 0.2) is 34.5 Å². The molecule has 1 aliphatic rings. The molecule has 0 spiro atoms. The number of hydrogen-bond acceptors (Lipinski definition) is 20. The molecule has 0 radical (unpaired) electrons. The number of para-hydroxylation sites is 6. The van der Waals surface area contributed by atoms with Crippen LogP contribution in [-0.2, 0) is 9.53 Å². The van der Waals surface area contributed by atoms with Gasteiger partial charge in [-0.1, -0.05) is 397 Å². The van der Waals surface area contributed by atoms with Crippen LogP contribution >= 0.6 is 0 Å². The van der Waals surface area contributed by atoms with Crippen molar-refractivity contribution in [2.75, 3.05) is 26.1 Å². The number of nitrogens with one attached hydrogen (secondary N) is 3. The predicted molar refractivity (Wildman–Crippen MR) is 586 cm³/mol. The van der Waals surface area contributed by atoms with E-state index in [9.17, 15) is 63.9 Å². The number of ketones is 2. The summed E-state index contributed by atoms with van der Waals surface area (Å²) in [6.45, 7) is 6.28. The lowest BCUT2D eigenvalue weighted by Crippen LogP contribution is -2.29. The Bertz CT molecular complexity index is 8200. The van der Waals surface area contributed by atoms with Gasteiger partial charge in [0, 0.05) is 73.5 Å². The quantitative estimate of drug-likeness (QED) is 0.0163. The number of nitrogens with zero attached hydrogens (tertiary/aromatic N) is 5. The van der Waals surface area contributed by atoms with Gasteiger partial charge in [0.05, 0.1) is 69.2 Å². The molecule has 3 amide bonds. The van der Waals surface area contributed by atoms with E-state index in [1.54, 1.807) is 115 Å². The first-order chi connectivity index (χ1) is 73.1. The Morgan fingerprint density at radius 2 is 0.620 bits per heavy atom. The number of carboxylic acid groups (broad SMARTS) is 2. The van der Waals surface area contributed by atoms with Gasteiger partial charge in [-0.3, -0.25) is 24.0 Å². The van der Waals surface area contributed by atoms with Gasteiger partial charge in [-0.25, -0.2) is 39.3 Å². The third-order valence-electron chi connectivity index (χ3n) is 24.5. The molecule has 15 aromatic carbocycles. The standard InChI is InChI=1S/C41H31N3O4.C25H22N2O2.C17H13NO3.C16H11NO3.C9H13N.C9H10O2.C8H5NO2/c1-2-31(26-16-6-3-7-17-26)44-40(46)35-30-23-13-15-25-33(30)43-37(28-20-10-5-11-21-28)39(35)48-41(47)34-29-22-12-14-24-32(29)42-36(38(34)45)27-18-8-4-9-19-27;1-2-20(17-11-5-3-6-12-17)27-25(29)22-19-15-9-10-16-21(19)26-23(24(22)28)18-13-7-4-8-14-18;1-21-16-14(17(19)20)12-9-5-6-10-13(12)18-15(16)11-7-3-2-4-8-11;18-15-13(16(19)20)11-8-4-5-9-12(11)17-14(15)10-6-2-1-3-7-10;1-2-9(10)8-6-4-3-5-7-8;1-11-7-9(10)8-5-3-2-4-6-8;10-7-5-3-1-2-4-6(5)9-8(7)11/h3-25,31,45H,2H2,1H3,(H,44,46);3-16,20,28H,2H2,1H3,(H,27,29);2-10H,1H3,(H,19,20);1-9,18H,(H,19,20);3-7,9H,2,10H2,1H3;2-6H,7H2,1H3;1-4H,(H,9,10,11)/t;;;;9-;;/m....0../s1. The molecular weight excluding hydrogens is 1880 g/mol. The zero-order valence-electron chi connectivity index (χ0n) is 82.4. The van der Waals surface area contributed by atoms with Crippen LogP contribution in [0.25, 0.3) is 111 Å². The molecule has 0 fully saturated rings. The highest BCUT2D eigenvalue weighted by Gasteiger charge is 2.33. The summed E-state index contributed by atoms with van der Waals surface area (Å²) in [5, 5.41) is 63.1. The number of carbonyl (C=O) groups is 8.